The SMILES string of the molecule is CCCCNC(=O)[C@@H](C)N(Cc1ccccc1F)C(=O)CCc1ccc(OC)c(OC)c1. The number of rotatable bonds is 12. The maximum absolute atomic E-state index is 14.3. The molecule has 2 rings (SSSR count). The summed E-state index contributed by atoms with van der Waals surface area (Å²) in [5.41, 5.74) is 1.28. The number of ether oxygens (including phenoxy) is 2. The first kappa shape index (κ1) is 25.2. The van der Waals surface area contributed by atoms with Gasteiger partial charge in [0, 0.05) is 25.1 Å². The Morgan fingerprint density at radius 3 is 2.47 bits per heavy atom. The number of nitrogens with one attached hydrogen (secondary N) is 1. The molecule has 0 unspecified atom stereocenters. The zero-order valence-corrected chi connectivity index (χ0v) is 19.3. The molecule has 2 aromatic carbocycles. The number of unbranched alkanes of at least 4 members (excludes halogenated alkanes) is 1. The Balaban J connectivity index is 2.15. The van der Waals surface area contributed by atoms with Crippen LogP contribution in [-0.4, -0.2) is 43.5 Å². The van der Waals surface area contributed by atoms with Gasteiger partial charge in [-0.25, -0.2) is 4.39 Å². The van der Waals surface area contributed by atoms with Crippen LogP contribution in [0.3, 0.4) is 0 Å². The lowest BCUT2D eigenvalue weighted by Gasteiger charge is -2.29. The monoisotopic (exact) mass is 444 g/mol. The lowest BCUT2D eigenvalue weighted by molar-refractivity contribution is -0.140. The Morgan fingerprint density at radius 2 is 1.81 bits per heavy atom. The van der Waals surface area contributed by atoms with Crippen molar-refractivity contribution < 1.29 is 23.5 Å². The largest absolute Gasteiger partial charge is 0.493 e. The van der Waals surface area contributed by atoms with Crippen LogP contribution in [0.5, 0.6) is 11.5 Å². The molecule has 6 nitrogen and oxygen atoms in total. The minimum Gasteiger partial charge on any atom is -0.493 e. The van der Waals surface area contributed by atoms with Crippen molar-refractivity contribution in [3.63, 3.8) is 0 Å². The van der Waals surface area contributed by atoms with Gasteiger partial charge in [-0.1, -0.05) is 37.6 Å². The Morgan fingerprint density at radius 1 is 1.09 bits per heavy atom. The first-order valence-corrected chi connectivity index (χ1v) is 10.9. The number of amides is 2. The van der Waals surface area contributed by atoms with Gasteiger partial charge in [-0.2, -0.15) is 0 Å². The fourth-order valence-corrected chi connectivity index (χ4v) is 3.36. The second-order valence-electron chi connectivity index (χ2n) is 7.62. The average Bonchev–Trinajstić information content (AvgIpc) is 2.81. The van der Waals surface area contributed by atoms with Crippen LogP contribution < -0.4 is 14.8 Å². The first-order valence-electron chi connectivity index (χ1n) is 10.9. The van der Waals surface area contributed by atoms with E-state index in [0.717, 1.165) is 18.4 Å². The van der Waals surface area contributed by atoms with Crippen LogP contribution in [0.4, 0.5) is 4.39 Å². The molecule has 174 valence electrons. The van der Waals surface area contributed by atoms with Gasteiger partial charge in [0.05, 0.1) is 14.2 Å². The van der Waals surface area contributed by atoms with E-state index in [-0.39, 0.29) is 24.8 Å². The third-order valence-corrected chi connectivity index (χ3v) is 5.37. The van der Waals surface area contributed by atoms with Gasteiger partial charge < -0.3 is 19.7 Å². The second-order valence-corrected chi connectivity index (χ2v) is 7.62. The van der Waals surface area contributed by atoms with Gasteiger partial charge in [-0.05, 0) is 43.5 Å². The molecule has 0 aliphatic carbocycles. The van der Waals surface area contributed by atoms with Crippen molar-refractivity contribution in [1.82, 2.24) is 10.2 Å². The molecule has 0 spiro atoms. The fourth-order valence-electron chi connectivity index (χ4n) is 3.36. The summed E-state index contributed by atoms with van der Waals surface area (Å²) in [5.74, 6) is 0.338. The zero-order chi connectivity index (χ0) is 23.5. The minimum atomic E-state index is -0.718. The van der Waals surface area contributed by atoms with Gasteiger partial charge in [-0.3, -0.25) is 9.59 Å². The number of hydrogen-bond donors (Lipinski definition) is 1. The number of aryl methyl sites for hydroxylation is 1. The highest BCUT2D eigenvalue weighted by Gasteiger charge is 2.26. The summed E-state index contributed by atoms with van der Waals surface area (Å²) in [4.78, 5) is 27.2. The van der Waals surface area contributed by atoms with E-state index >= 15 is 0 Å². The molecule has 2 aromatic rings. The van der Waals surface area contributed by atoms with Crippen LogP contribution in [0, 0.1) is 5.82 Å². The maximum Gasteiger partial charge on any atom is 0.242 e. The lowest BCUT2D eigenvalue weighted by Crippen LogP contribution is -2.48. The second kappa shape index (κ2) is 12.7. The molecule has 0 fully saturated rings. The third-order valence-electron chi connectivity index (χ3n) is 5.37. The highest BCUT2D eigenvalue weighted by molar-refractivity contribution is 5.87. The molecule has 0 bridgehead atoms. The summed E-state index contributed by atoms with van der Waals surface area (Å²) in [6.45, 7) is 4.29. The molecule has 32 heavy (non-hydrogen) atoms. The maximum atomic E-state index is 14.3. The van der Waals surface area contributed by atoms with Crippen LogP contribution in [0.25, 0.3) is 0 Å². The highest BCUT2D eigenvalue weighted by Crippen LogP contribution is 2.28. The van der Waals surface area contributed by atoms with E-state index in [1.165, 1.54) is 11.0 Å². The molecule has 0 heterocycles. The van der Waals surface area contributed by atoms with Crippen molar-refractivity contribution in [3.8, 4) is 11.5 Å². The number of nitrogens with zero attached hydrogens (tertiary/aromatic N) is 1. The van der Waals surface area contributed by atoms with Gasteiger partial charge >= 0.3 is 0 Å². The van der Waals surface area contributed by atoms with Crippen molar-refractivity contribution in [1.29, 1.82) is 0 Å². The van der Waals surface area contributed by atoms with Gasteiger partial charge in [0.2, 0.25) is 11.8 Å². The Kier molecular flexibility index (Phi) is 9.98. The number of carbonyl (C=O) groups is 2. The number of benzene rings is 2. The van der Waals surface area contributed by atoms with Gasteiger partial charge in [0.25, 0.3) is 0 Å². The number of halogens is 1. The molecule has 1 atom stereocenters. The van der Waals surface area contributed by atoms with Crippen LogP contribution in [0.15, 0.2) is 42.5 Å². The van der Waals surface area contributed by atoms with Gasteiger partial charge in [-0.15, -0.1) is 0 Å². The Bertz CT molecular complexity index is 903. The molecule has 0 aromatic heterocycles. The van der Waals surface area contributed by atoms with Crippen molar-refractivity contribution in [2.24, 2.45) is 0 Å². The van der Waals surface area contributed by atoms with Crippen LogP contribution in [0.2, 0.25) is 0 Å². The van der Waals surface area contributed by atoms with E-state index in [4.69, 9.17) is 9.47 Å². The van der Waals surface area contributed by atoms with E-state index in [9.17, 15) is 14.0 Å². The van der Waals surface area contributed by atoms with Crippen molar-refractivity contribution >= 4 is 11.8 Å². The average molecular weight is 445 g/mol. The van der Waals surface area contributed by atoms with Crippen LogP contribution >= 0.6 is 0 Å². The number of methoxy groups -OCH3 is 2. The predicted octanol–water partition coefficient (Wildman–Crippen LogP) is 4.11. The lowest BCUT2D eigenvalue weighted by atomic mass is 10.1. The summed E-state index contributed by atoms with van der Waals surface area (Å²) >= 11 is 0. The van der Waals surface area contributed by atoms with E-state index in [1.54, 1.807) is 45.4 Å². The van der Waals surface area contributed by atoms with Gasteiger partial charge in [0.1, 0.15) is 11.9 Å². The molecule has 0 saturated carbocycles. The van der Waals surface area contributed by atoms with Gasteiger partial charge in [0.15, 0.2) is 11.5 Å². The normalized spacial score (nSPS) is 11.5. The molecule has 7 heteroatoms. The van der Waals surface area contributed by atoms with E-state index in [2.05, 4.69) is 5.32 Å². The minimum absolute atomic E-state index is 0.0276. The highest BCUT2D eigenvalue weighted by atomic mass is 19.1. The first-order chi connectivity index (χ1) is 15.4. The molecule has 0 saturated heterocycles. The molecule has 1 N–H and O–H groups in total. The van der Waals surface area contributed by atoms with Crippen molar-refractivity contribution in [3.05, 3.63) is 59.4 Å². The quantitative estimate of drug-likeness (QED) is 0.501. The van der Waals surface area contributed by atoms with E-state index in [1.807, 2.05) is 19.1 Å². The molecule has 0 radical (unpaired) electrons. The number of carbonyl (C=O) groups excluding carboxylic acids is 2. The van der Waals surface area contributed by atoms with Crippen LogP contribution in [-0.2, 0) is 22.6 Å². The topological polar surface area (TPSA) is 67.9 Å². The molecular formula is C25H33FN2O4. The molecule has 0 aliphatic heterocycles. The molecule has 0 aliphatic rings. The Hall–Kier alpha value is -3.09. The standard InChI is InChI=1S/C25H33FN2O4/c1-5-6-15-27-25(30)18(2)28(17-20-9-7-8-10-21(20)26)24(29)14-12-19-11-13-22(31-3)23(16-19)32-4/h7-11,13,16,18H,5-6,12,14-15,17H2,1-4H3,(H,27,30)/t18-/m1/s1. The van der Waals surface area contributed by atoms with E-state index in [0.29, 0.717) is 30.0 Å². The number of hydrogen-bond acceptors (Lipinski definition) is 4. The Labute approximate surface area is 189 Å². The summed E-state index contributed by atoms with van der Waals surface area (Å²) in [7, 11) is 3.12. The summed E-state index contributed by atoms with van der Waals surface area (Å²) in [5, 5.41) is 2.86. The summed E-state index contributed by atoms with van der Waals surface area (Å²) in [6, 6.07) is 11.1. The molecular weight excluding hydrogens is 411 g/mol. The van der Waals surface area contributed by atoms with E-state index < -0.39 is 11.9 Å². The van der Waals surface area contributed by atoms with Crippen molar-refractivity contribution in [2.45, 2.75) is 52.1 Å². The predicted molar refractivity (Wildman–Crippen MR) is 122 cm³/mol. The van der Waals surface area contributed by atoms with Crippen molar-refractivity contribution in [2.75, 3.05) is 20.8 Å². The molecule has 2 amide bonds. The summed E-state index contributed by atoms with van der Waals surface area (Å²) in [6.07, 6.45) is 2.45. The summed E-state index contributed by atoms with van der Waals surface area (Å²) < 4.78 is 24.8. The van der Waals surface area contributed by atoms with Crippen LogP contribution in [0.1, 0.15) is 44.2 Å². The smallest absolute Gasteiger partial charge is 0.242 e. The third kappa shape index (κ3) is 6.97. The zero-order valence-electron chi connectivity index (χ0n) is 19.3. The fraction of sp³-hybridized carbons (Fsp3) is 0.440.